The van der Waals surface area contributed by atoms with Crippen LogP contribution in [0.1, 0.15) is 37.1 Å². The Morgan fingerprint density at radius 2 is 1.44 bits per heavy atom. The van der Waals surface area contributed by atoms with Gasteiger partial charge in [0.1, 0.15) is 0 Å². The minimum atomic E-state index is -0.362. The van der Waals surface area contributed by atoms with Crippen molar-refractivity contribution in [2.24, 2.45) is 4.99 Å². The average molecular weight is 805 g/mol. The van der Waals surface area contributed by atoms with Crippen molar-refractivity contribution in [3.63, 3.8) is 0 Å². The normalized spacial score (nSPS) is 16.5. The molecule has 1 aliphatic heterocycles. The Bertz CT molecular complexity index is 2960. The summed E-state index contributed by atoms with van der Waals surface area (Å²) in [5.74, 6) is 0. The molecule has 0 saturated heterocycles. The highest BCUT2D eigenvalue weighted by Crippen LogP contribution is 2.47. The molecular weight excluding hydrogens is 753 g/mol. The predicted molar refractivity (Wildman–Crippen MR) is 265 cm³/mol. The van der Waals surface area contributed by atoms with Gasteiger partial charge < -0.3 is 14.4 Å². The molecule has 2 heterocycles. The van der Waals surface area contributed by atoms with Gasteiger partial charge in [0, 0.05) is 58.1 Å². The van der Waals surface area contributed by atoms with Crippen LogP contribution >= 0.6 is 0 Å². The minimum absolute atomic E-state index is 0.362. The third kappa shape index (κ3) is 7.96. The quantitative estimate of drug-likeness (QED) is 0.122. The fourth-order valence-electron chi connectivity index (χ4n) is 8.98. The molecular formula is C58H52N4. The molecule has 7 aromatic rings. The van der Waals surface area contributed by atoms with Crippen LogP contribution in [0.2, 0.25) is 0 Å². The molecule has 1 atom stereocenters. The van der Waals surface area contributed by atoms with Crippen LogP contribution in [-0.4, -0.2) is 34.3 Å². The summed E-state index contributed by atoms with van der Waals surface area (Å²) in [5.41, 5.74) is 16.5. The van der Waals surface area contributed by atoms with E-state index in [2.05, 4.69) is 249 Å². The highest BCUT2D eigenvalue weighted by atomic mass is 15.2. The smallest absolute Gasteiger partial charge is 0.0864 e. The number of nitrogens with zero attached hydrogens (tertiary/aromatic N) is 4. The number of para-hydroxylation sites is 3. The van der Waals surface area contributed by atoms with E-state index in [-0.39, 0.29) is 5.54 Å². The monoisotopic (exact) mass is 804 g/mol. The Morgan fingerprint density at radius 1 is 0.758 bits per heavy atom. The third-order valence-corrected chi connectivity index (χ3v) is 12.1. The van der Waals surface area contributed by atoms with Gasteiger partial charge in [0.25, 0.3) is 0 Å². The lowest BCUT2D eigenvalue weighted by Crippen LogP contribution is -2.42. The summed E-state index contributed by atoms with van der Waals surface area (Å²) in [7, 11) is 2.08. The standard InChI is InChI=1S/C58H52N4/c1-42(23-22-24-43(2)53-40-60(5)41-54(59-53)46-27-12-7-13-28-46)47-37-48(45-25-10-6-11-26-45)39-50(38-47)62(58(4)35-20-9-21-36-58)56-34-19-17-32-52(56)57-44(3)61(49-29-14-8-15-30-49)55-33-18-16-31-51(55)57/h6-35,37-39,41H,2,36,40H2,1,3-5H3/b24-22-,42-23+/t58-/m1/s1. The van der Waals surface area contributed by atoms with Gasteiger partial charge in [0.05, 0.1) is 29.0 Å². The van der Waals surface area contributed by atoms with Crippen LogP contribution in [0.4, 0.5) is 11.4 Å². The van der Waals surface area contributed by atoms with Crippen LogP contribution in [0.5, 0.6) is 0 Å². The molecule has 0 bridgehead atoms. The van der Waals surface area contributed by atoms with Gasteiger partial charge in [-0.3, -0.25) is 0 Å². The third-order valence-electron chi connectivity index (χ3n) is 12.1. The Labute approximate surface area is 366 Å². The molecule has 2 aliphatic rings. The molecule has 0 spiro atoms. The van der Waals surface area contributed by atoms with Crippen LogP contribution in [0.25, 0.3) is 50.1 Å². The van der Waals surface area contributed by atoms with Gasteiger partial charge in [-0.15, -0.1) is 0 Å². The Kier molecular flexibility index (Phi) is 11.1. The maximum Gasteiger partial charge on any atom is 0.0864 e. The molecule has 0 radical (unpaired) electrons. The largest absolute Gasteiger partial charge is 0.373 e. The van der Waals surface area contributed by atoms with E-state index >= 15 is 0 Å². The zero-order chi connectivity index (χ0) is 42.6. The lowest BCUT2D eigenvalue weighted by atomic mass is 9.87. The van der Waals surface area contributed by atoms with Crippen molar-refractivity contribution in [1.29, 1.82) is 0 Å². The maximum atomic E-state index is 5.03. The molecule has 6 aromatic carbocycles. The number of fused-ring (bicyclic) bond motifs is 1. The first-order chi connectivity index (χ1) is 30.3. The van der Waals surface area contributed by atoms with E-state index in [0.29, 0.717) is 6.54 Å². The summed E-state index contributed by atoms with van der Waals surface area (Å²) < 4.78 is 2.40. The molecule has 304 valence electrons. The van der Waals surface area contributed by atoms with Gasteiger partial charge in [-0.25, -0.2) is 4.99 Å². The van der Waals surface area contributed by atoms with Crippen LogP contribution < -0.4 is 4.90 Å². The Morgan fingerprint density at radius 3 is 2.18 bits per heavy atom. The van der Waals surface area contributed by atoms with Gasteiger partial charge in [0.2, 0.25) is 0 Å². The molecule has 0 fully saturated rings. The molecule has 62 heavy (non-hydrogen) atoms. The van der Waals surface area contributed by atoms with Crippen molar-refractivity contribution in [3.8, 4) is 27.9 Å². The summed E-state index contributed by atoms with van der Waals surface area (Å²) in [6, 6.07) is 56.6. The SMILES string of the molecule is C=C(/C=C\C=C(/C)c1cc(-c2ccccc2)cc(N(c2ccccc2-c2c(C)n(-c3ccccc3)c3ccccc23)[C@]2(C)C=CC=CC2)c1)C1=NC(c2ccccc2)=CN(C)C1. The molecule has 4 nitrogen and oxygen atoms in total. The second-order valence-electron chi connectivity index (χ2n) is 16.6. The number of benzene rings is 6. The highest BCUT2D eigenvalue weighted by molar-refractivity contribution is 6.07. The first-order valence-corrected chi connectivity index (χ1v) is 21.5. The van der Waals surface area contributed by atoms with E-state index in [4.69, 9.17) is 4.99 Å². The van der Waals surface area contributed by atoms with Crippen LogP contribution in [-0.2, 0) is 0 Å². The van der Waals surface area contributed by atoms with Crippen LogP contribution in [0.3, 0.4) is 0 Å². The van der Waals surface area contributed by atoms with E-state index in [9.17, 15) is 0 Å². The fourth-order valence-corrected chi connectivity index (χ4v) is 8.98. The number of anilines is 2. The molecule has 1 aromatic heterocycles. The molecule has 0 N–H and O–H groups in total. The minimum Gasteiger partial charge on any atom is -0.373 e. The summed E-state index contributed by atoms with van der Waals surface area (Å²) in [4.78, 5) is 9.78. The molecule has 9 rings (SSSR count). The lowest BCUT2D eigenvalue weighted by Gasteiger charge is -2.43. The van der Waals surface area contributed by atoms with E-state index in [0.717, 1.165) is 62.7 Å². The molecule has 0 amide bonds. The average Bonchev–Trinajstić information content (AvgIpc) is 3.61. The Balaban J connectivity index is 1.16. The van der Waals surface area contributed by atoms with Gasteiger partial charge in [0.15, 0.2) is 0 Å². The van der Waals surface area contributed by atoms with E-state index in [1.54, 1.807) is 0 Å². The van der Waals surface area contributed by atoms with Crippen LogP contribution in [0, 0.1) is 6.92 Å². The zero-order valence-electron chi connectivity index (χ0n) is 36.0. The second kappa shape index (κ2) is 17.3. The number of allylic oxidation sites excluding steroid dienone is 6. The molecule has 0 saturated carbocycles. The van der Waals surface area contributed by atoms with Crippen LogP contribution in [0.15, 0.2) is 224 Å². The molecule has 1 aliphatic carbocycles. The predicted octanol–water partition coefficient (Wildman–Crippen LogP) is 14.6. The lowest BCUT2D eigenvalue weighted by molar-refractivity contribution is 0.520. The van der Waals surface area contributed by atoms with Gasteiger partial charge in [-0.2, -0.15) is 0 Å². The van der Waals surface area contributed by atoms with Crippen molar-refractivity contribution in [1.82, 2.24) is 9.47 Å². The van der Waals surface area contributed by atoms with Crippen molar-refractivity contribution in [2.75, 3.05) is 18.5 Å². The highest BCUT2D eigenvalue weighted by Gasteiger charge is 2.34. The Hall–Kier alpha value is -7.43. The van der Waals surface area contributed by atoms with Crippen molar-refractivity contribution < 1.29 is 0 Å². The number of aliphatic imine (C=N–C) groups is 1. The van der Waals surface area contributed by atoms with Crippen molar-refractivity contribution in [2.45, 2.75) is 32.7 Å². The van der Waals surface area contributed by atoms with Gasteiger partial charge in [-0.1, -0.05) is 164 Å². The maximum absolute atomic E-state index is 5.03. The van der Waals surface area contributed by atoms with E-state index < -0.39 is 0 Å². The van der Waals surface area contributed by atoms with Gasteiger partial charge >= 0.3 is 0 Å². The number of aromatic nitrogens is 1. The molecule has 4 heteroatoms. The van der Waals surface area contributed by atoms with Gasteiger partial charge in [-0.05, 0) is 97.5 Å². The summed E-state index contributed by atoms with van der Waals surface area (Å²) in [6.07, 6.45) is 18.4. The van der Waals surface area contributed by atoms with E-state index in [1.165, 1.54) is 33.3 Å². The molecule has 0 unspecified atom stereocenters. The first kappa shape index (κ1) is 40.0. The summed E-state index contributed by atoms with van der Waals surface area (Å²) in [6.45, 7) is 12.0. The first-order valence-electron chi connectivity index (χ1n) is 21.5. The number of hydrogen-bond donors (Lipinski definition) is 0. The number of hydrogen-bond acceptors (Lipinski definition) is 3. The zero-order valence-corrected chi connectivity index (χ0v) is 36.0. The van der Waals surface area contributed by atoms with Crippen molar-refractivity contribution >= 4 is 39.3 Å². The number of rotatable bonds is 11. The summed E-state index contributed by atoms with van der Waals surface area (Å²) in [5, 5.41) is 1.23. The second-order valence-corrected chi connectivity index (χ2v) is 16.6. The van der Waals surface area contributed by atoms with Crippen molar-refractivity contribution in [3.05, 3.63) is 235 Å². The fraction of sp³-hybridized carbons (Fsp3) is 0.121. The topological polar surface area (TPSA) is 23.8 Å². The van der Waals surface area contributed by atoms with E-state index in [1.807, 2.05) is 6.07 Å². The summed E-state index contributed by atoms with van der Waals surface area (Å²) >= 11 is 0.